The molecule has 0 aromatic heterocycles. The lowest BCUT2D eigenvalue weighted by molar-refractivity contribution is -0.167. The van der Waals surface area contributed by atoms with Crippen LogP contribution in [0.3, 0.4) is 0 Å². The third-order valence-corrected chi connectivity index (χ3v) is 12.5. The zero-order valence-electron chi connectivity index (χ0n) is 44.4. The molecule has 0 aliphatic rings. The van der Waals surface area contributed by atoms with E-state index in [0.717, 1.165) is 122 Å². The number of allylic oxidation sites excluding steroid dienone is 10. The second-order valence-electron chi connectivity index (χ2n) is 19.2. The molecule has 1 unspecified atom stereocenters. The van der Waals surface area contributed by atoms with Gasteiger partial charge in [-0.05, 0) is 83.5 Å². The third-order valence-electron chi connectivity index (χ3n) is 12.5. The monoisotopic (exact) mass is 937 g/mol. The Balaban J connectivity index is 4.39. The van der Waals surface area contributed by atoms with Gasteiger partial charge in [-0.25, -0.2) is 0 Å². The Labute approximate surface area is 415 Å². The van der Waals surface area contributed by atoms with Crippen LogP contribution in [0.25, 0.3) is 0 Å². The molecule has 0 amide bonds. The number of carbonyl (C=O) groups is 3. The van der Waals surface area contributed by atoms with E-state index in [0.29, 0.717) is 19.3 Å². The minimum Gasteiger partial charge on any atom is -0.462 e. The number of carbonyl (C=O) groups excluding carboxylic acids is 3. The average Bonchev–Trinajstić information content (AvgIpc) is 3.33. The molecule has 0 bridgehead atoms. The molecule has 0 aliphatic heterocycles. The number of hydrogen-bond acceptors (Lipinski definition) is 6. The van der Waals surface area contributed by atoms with E-state index in [9.17, 15) is 14.4 Å². The van der Waals surface area contributed by atoms with Crippen molar-refractivity contribution in [3.05, 3.63) is 60.8 Å². The maximum Gasteiger partial charge on any atom is 0.306 e. The van der Waals surface area contributed by atoms with Crippen molar-refractivity contribution in [3.8, 4) is 0 Å². The maximum absolute atomic E-state index is 12.8. The van der Waals surface area contributed by atoms with Gasteiger partial charge in [-0.3, -0.25) is 14.4 Å². The molecule has 0 rings (SSSR count). The highest BCUT2D eigenvalue weighted by Gasteiger charge is 2.19. The van der Waals surface area contributed by atoms with E-state index in [1.165, 1.54) is 128 Å². The summed E-state index contributed by atoms with van der Waals surface area (Å²) in [7, 11) is 0. The number of ether oxygens (including phenoxy) is 3. The van der Waals surface area contributed by atoms with Gasteiger partial charge in [-0.1, -0.05) is 248 Å². The topological polar surface area (TPSA) is 78.9 Å². The van der Waals surface area contributed by atoms with Gasteiger partial charge in [0.15, 0.2) is 6.10 Å². The minimum atomic E-state index is -0.787. The van der Waals surface area contributed by atoms with Crippen LogP contribution in [0.5, 0.6) is 0 Å². The van der Waals surface area contributed by atoms with Gasteiger partial charge in [0.1, 0.15) is 13.2 Å². The Morgan fingerprint density at radius 3 is 0.925 bits per heavy atom. The van der Waals surface area contributed by atoms with Crippen LogP contribution in [0.4, 0.5) is 0 Å². The summed E-state index contributed by atoms with van der Waals surface area (Å²) in [5, 5.41) is 0. The van der Waals surface area contributed by atoms with Crippen molar-refractivity contribution in [2.24, 2.45) is 0 Å². The highest BCUT2D eigenvalue weighted by molar-refractivity contribution is 5.71. The van der Waals surface area contributed by atoms with Gasteiger partial charge in [-0.15, -0.1) is 0 Å². The van der Waals surface area contributed by atoms with Crippen LogP contribution in [0, 0.1) is 0 Å². The summed E-state index contributed by atoms with van der Waals surface area (Å²) >= 11 is 0. The maximum atomic E-state index is 12.8. The molecule has 388 valence electrons. The second-order valence-corrected chi connectivity index (χ2v) is 19.2. The van der Waals surface area contributed by atoms with Gasteiger partial charge in [0, 0.05) is 19.3 Å². The Hall–Kier alpha value is -2.89. The smallest absolute Gasteiger partial charge is 0.306 e. The summed E-state index contributed by atoms with van der Waals surface area (Å²) < 4.78 is 16.9. The van der Waals surface area contributed by atoms with Crippen molar-refractivity contribution in [3.63, 3.8) is 0 Å². The van der Waals surface area contributed by atoms with Crippen molar-refractivity contribution < 1.29 is 28.6 Å². The van der Waals surface area contributed by atoms with Crippen LogP contribution < -0.4 is 0 Å². The molecule has 0 fully saturated rings. The number of esters is 3. The fourth-order valence-corrected chi connectivity index (χ4v) is 8.19. The molecular formula is C61H108O6. The van der Waals surface area contributed by atoms with Gasteiger partial charge < -0.3 is 14.2 Å². The molecular weight excluding hydrogens is 829 g/mol. The van der Waals surface area contributed by atoms with Crippen molar-refractivity contribution in [2.45, 2.75) is 297 Å². The summed E-state index contributed by atoms with van der Waals surface area (Å²) in [6.45, 7) is 6.52. The predicted molar refractivity (Wildman–Crippen MR) is 288 cm³/mol. The van der Waals surface area contributed by atoms with Gasteiger partial charge in [0.2, 0.25) is 0 Å². The van der Waals surface area contributed by atoms with E-state index in [2.05, 4.69) is 81.5 Å². The number of unbranched alkanes of at least 4 members (excludes halogenated alkanes) is 31. The zero-order valence-corrected chi connectivity index (χ0v) is 44.4. The normalized spacial score (nSPS) is 12.5. The summed E-state index contributed by atoms with van der Waals surface area (Å²) in [5.41, 5.74) is 0. The van der Waals surface area contributed by atoms with Crippen LogP contribution in [0.15, 0.2) is 60.8 Å². The van der Waals surface area contributed by atoms with E-state index < -0.39 is 6.10 Å². The fourth-order valence-electron chi connectivity index (χ4n) is 8.19. The van der Waals surface area contributed by atoms with Crippen LogP contribution >= 0.6 is 0 Å². The first kappa shape index (κ1) is 64.1. The summed E-state index contributed by atoms with van der Waals surface area (Å²) in [4.78, 5) is 38.1. The van der Waals surface area contributed by atoms with E-state index in [4.69, 9.17) is 14.2 Å². The molecule has 0 radical (unpaired) electrons. The molecule has 0 saturated heterocycles. The lowest BCUT2D eigenvalue weighted by atomic mass is 10.0. The summed E-state index contributed by atoms with van der Waals surface area (Å²) in [5.74, 6) is -0.902. The molecule has 0 heterocycles. The zero-order chi connectivity index (χ0) is 48.6. The third kappa shape index (κ3) is 53.9. The molecule has 0 N–H and O–H groups in total. The summed E-state index contributed by atoms with van der Waals surface area (Å²) in [6, 6.07) is 0. The fraction of sp³-hybridized carbons (Fsp3) is 0.787. The first-order valence-electron chi connectivity index (χ1n) is 28.8. The lowest BCUT2D eigenvalue weighted by Gasteiger charge is -2.18. The SMILES string of the molecule is CC/C=C\C/C=C\C/C=C\CCCCCCCC(=O)OCC(COC(=O)CCCCCCCCCCCCCCCCCCCC)OC(=O)CCCCCCC/C=C\C/C=C\CCCCCC. The van der Waals surface area contributed by atoms with Crippen LogP contribution in [0.1, 0.15) is 290 Å². The Morgan fingerprint density at radius 2 is 0.582 bits per heavy atom. The molecule has 6 heteroatoms. The molecule has 0 aliphatic carbocycles. The number of hydrogen-bond donors (Lipinski definition) is 0. The van der Waals surface area contributed by atoms with Gasteiger partial charge in [0.05, 0.1) is 0 Å². The molecule has 6 nitrogen and oxygen atoms in total. The highest BCUT2D eigenvalue weighted by Crippen LogP contribution is 2.16. The van der Waals surface area contributed by atoms with Crippen molar-refractivity contribution >= 4 is 17.9 Å². The molecule has 0 spiro atoms. The van der Waals surface area contributed by atoms with Gasteiger partial charge in [0.25, 0.3) is 0 Å². The van der Waals surface area contributed by atoms with Crippen LogP contribution in [-0.4, -0.2) is 37.2 Å². The van der Waals surface area contributed by atoms with Crippen molar-refractivity contribution in [1.29, 1.82) is 0 Å². The quantitative estimate of drug-likeness (QED) is 0.0262. The summed E-state index contributed by atoms with van der Waals surface area (Å²) in [6.07, 6.45) is 69.2. The lowest BCUT2D eigenvalue weighted by Crippen LogP contribution is -2.30. The van der Waals surface area contributed by atoms with E-state index in [1.807, 2.05) is 0 Å². The predicted octanol–water partition coefficient (Wildman–Crippen LogP) is 19.2. The van der Waals surface area contributed by atoms with Gasteiger partial charge >= 0.3 is 17.9 Å². The van der Waals surface area contributed by atoms with E-state index in [1.54, 1.807) is 0 Å². The first-order valence-corrected chi connectivity index (χ1v) is 28.8. The average molecular weight is 938 g/mol. The molecule has 1 atom stereocenters. The van der Waals surface area contributed by atoms with Crippen molar-refractivity contribution in [2.75, 3.05) is 13.2 Å². The highest BCUT2D eigenvalue weighted by atomic mass is 16.6. The standard InChI is InChI=1S/C61H108O6/c1-4-7-10-13-16-19-22-25-28-30-31-34-36-39-42-45-48-51-54-60(63)66-57-58(56-65-59(62)53-50-47-44-41-38-35-32-27-24-21-18-15-12-9-6-3)67-61(64)55-52-49-46-43-40-37-33-29-26-23-20-17-14-11-8-5-2/h9,12,18,20-21,23,27,29,32-33,58H,4-8,10-11,13-17,19,22,24-26,28,30-31,34-57H2,1-3H3/b12-9-,21-18-,23-20-,32-27-,33-29-. The number of rotatable bonds is 52. The minimum absolute atomic E-state index is 0.0831. The van der Waals surface area contributed by atoms with Crippen LogP contribution in [0.2, 0.25) is 0 Å². The molecule has 0 aromatic carbocycles. The molecule has 67 heavy (non-hydrogen) atoms. The Morgan fingerprint density at radius 1 is 0.313 bits per heavy atom. The molecule has 0 aromatic rings. The Bertz CT molecular complexity index is 1210. The van der Waals surface area contributed by atoms with Crippen LogP contribution in [-0.2, 0) is 28.6 Å². The van der Waals surface area contributed by atoms with Gasteiger partial charge in [-0.2, -0.15) is 0 Å². The first-order chi connectivity index (χ1) is 33.0. The van der Waals surface area contributed by atoms with E-state index in [-0.39, 0.29) is 31.1 Å². The molecule has 0 saturated carbocycles. The Kier molecular flexibility index (Phi) is 53.3. The van der Waals surface area contributed by atoms with E-state index >= 15 is 0 Å². The largest absolute Gasteiger partial charge is 0.462 e. The van der Waals surface area contributed by atoms with Crippen molar-refractivity contribution in [1.82, 2.24) is 0 Å². The second kappa shape index (κ2) is 55.7.